The zero-order chi connectivity index (χ0) is 11.1. The van der Waals surface area contributed by atoms with Crippen LogP contribution in [0.2, 0.25) is 0 Å². The van der Waals surface area contributed by atoms with Gasteiger partial charge < -0.3 is 15.3 Å². The zero-order valence-corrected chi connectivity index (χ0v) is 9.58. The van der Waals surface area contributed by atoms with Gasteiger partial charge in [0.25, 0.3) is 0 Å². The van der Waals surface area contributed by atoms with Gasteiger partial charge in [-0.1, -0.05) is 13.8 Å². The van der Waals surface area contributed by atoms with Crippen molar-refractivity contribution in [2.45, 2.75) is 26.3 Å². The second-order valence-electron chi connectivity index (χ2n) is 4.03. The summed E-state index contributed by atoms with van der Waals surface area (Å²) in [7, 11) is 3.47. The summed E-state index contributed by atoms with van der Waals surface area (Å²) in [6, 6.07) is 0.212. The fourth-order valence-electron chi connectivity index (χ4n) is 1.19. The molecule has 0 heterocycles. The molecule has 0 aromatic heterocycles. The molecule has 4 nitrogen and oxygen atoms in total. The fraction of sp³-hybridized carbons (Fsp3) is 0.900. The number of hydrogen-bond donors (Lipinski definition) is 2. The Kier molecular flexibility index (Phi) is 6.49. The summed E-state index contributed by atoms with van der Waals surface area (Å²) in [5.41, 5.74) is 0. The Bertz CT molecular complexity index is 170. The first-order valence-electron chi connectivity index (χ1n) is 5.03. The summed E-state index contributed by atoms with van der Waals surface area (Å²) in [6.07, 6.45) is 0.693. The molecule has 14 heavy (non-hydrogen) atoms. The van der Waals surface area contributed by atoms with Crippen LogP contribution in [0.25, 0.3) is 0 Å². The standard InChI is InChI=1S/C10H22N2O2/c1-8(2)9(5-6-13)11-7-10(14)12(3)4/h8-9,11,13H,5-7H2,1-4H3. The summed E-state index contributed by atoms with van der Waals surface area (Å²) in [6.45, 7) is 4.66. The Hall–Kier alpha value is -0.610. The molecule has 0 rings (SSSR count). The number of hydrogen-bond acceptors (Lipinski definition) is 3. The van der Waals surface area contributed by atoms with E-state index in [4.69, 9.17) is 5.11 Å². The van der Waals surface area contributed by atoms with Crippen molar-refractivity contribution >= 4 is 5.91 Å². The number of amides is 1. The molecule has 0 spiro atoms. The molecule has 0 radical (unpaired) electrons. The maximum absolute atomic E-state index is 11.3. The van der Waals surface area contributed by atoms with Crippen molar-refractivity contribution in [2.75, 3.05) is 27.2 Å². The topological polar surface area (TPSA) is 52.6 Å². The van der Waals surface area contributed by atoms with E-state index < -0.39 is 0 Å². The van der Waals surface area contributed by atoms with Crippen LogP contribution >= 0.6 is 0 Å². The van der Waals surface area contributed by atoms with E-state index in [-0.39, 0.29) is 18.6 Å². The molecular weight excluding hydrogens is 180 g/mol. The molecule has 0 saturated carbocycles. The zero-order valence-electron chi connectivity index (χ0n) is 9.58. The van der Waals surface area contributed by atoms with Crippen molar-refractivity contribution in [2.24, 2.45) is 5.92 Å². The predicted octanol–water partition coefficient (Wildman–Crippen LogP) is 0.0712. The van der Waals surface area contributed by atoms with E-state index in [0.717, 1.165) is 0 Å². The lowest BCUT2D eigenvalue weighted by Gasteiger charge is -2.22. The van der Waals surface area contributed by atoms with E-state index >= 15 is 0 Å². The van der Waals surface area contributed by atoms with Gasteiger partial charge in [-0.3, -0.25) is 4.79 Å². The molecule has 0 aliphatic carbocycles. The Labute approximate surface area is 86.3 Å². The van der Waals surface area contributed by atoms with Crippen LogP contribution in [0.5, 0.6) is 0 Å². The van der Waals surface area contributed by atoms with Crippen molar-refractivity contribution in [1.82, 2.24) is 10.2 Å². The first kappa shape index (κ1) is 13.4. The van der Waals surface area contributed by atoms with Crippen LogP contribution in [-0.2, 0) is 4.79 Å². The monoisotopic (exact) mass is 202 g/mol. The molecule has 0 saturated heterocycles. The third kappa shape index (κ3) is 5.19. The van der Waals surface area contributed by atoms with E-state index in [1.54, 1.807) is 19.0 Å². The highest BCUT2D eigenvalue weighted by atomic mass is 16.3. The van der Waals surface area contributed by atoms with Crippen LogP contribution < -0.4 is 5.32 Å². The van der Waals surface area contributed by atoms with Gasteiger partial charge >= 0.3 is 0 Å². The number of nitrogens with one attached hydrogen (secondary N) is 1. The molecule has 1 unspecified atom stereocenters. The minimum atomic E-state index is 0.0635. The number of nitrogens with zero attached hydrogens (tertiary/aromatic N) is 1. The molecule has 1 atom stereocenters. The molecule has 0 fully saturated rings. The van der Waals surface area contributed by atoms with Crippen molar-refractivity contribution in [3.8, 4) is 0 Å². The first-order valence-corrected chi connectivity index (χ1v) is 5.03. The third-order valence-corrected chi connectivity index (χ3v) is 2.26. The Balaban J connectivity index is 3.87. The molecule has 0 aromatic carbocycles. The van der Waals surface area contributed by atoms with Gasteiger partial charge in [-0.15, -0.1) is 0 Å². The van der Waals surface area contributed by atoms with E-state index in [9.17, 15) is 4.79 Å². The second kappa shape index (κ2) is 6.79. The molecule has 0 aromatic rings. The van der Waals surface area contributed by atoms with E-state index in [2.05, 4.69) is 19.2 Å². The smallest absolute Gasteiger partial charge is 0.236 e. The van der Waals surface area contributed by atoms with Gasteiger partial charge in [0.05, 0.1) is 6.54 Å². The average Bonchev–Trinajstić information content (AvgIpc) is 2.10. The number of carbonyl (C=O) groups excluding carboxylic acids is 1. The quantitative estimate of drug-likeness (QED) is 0.641. The summed E-state index contributed by atoms with van der Waals surface area (Å²) >= 11 is 0. The molecule has 84 valence electrons. The molecule has 0 bridgehead atoms. The molecule has 4 heteroatoms. The number of rotatable bonds is 6. The maximum atomic E-state index is 11.3. The van der Waals surface area contributed by atoms with Crippen molar-refractivity contribution in [1.29, 1.82) is 0 Å². The third-order valence-electron chi connectivity index (χ3n) is 2.26. The normalized spacial score (nSPS) is 13.0. The molecule has 1 amide bonds. The van der Waals surface area contributed by atoms with Gasteiger partial charge in [0.1, 0.15) is 0 Å². The van der Waals surface area contributed by atoms with Gasteiger partial charge in [-0.25, -0.2) is 0 Å². The number of carbonyl (C=O) groups is 1. The predicted molar refractivity (Wildman–Crippen MR) is 57.0 cm³/mol. The highest BCUT2D eigenvalue weighted by Gasteiger charge is 2.13. The van der Waals surface area contributed by atoms with Crippen LogP contribution in [0.1, 0.15) is 20.3 Å². The van der Waals surface area contributed by atoms with E-state index in [1.807, 2.05) is 0 Å². The summed E-state index contributed by atoms with van der Waals surface area (Å²) < 4.78 is 0. The van der Waals surface area contributed by atoms with Crippen molar-refractivity contribution in [3.05, 3.63) is 0 Å². The van der Waals surface area contributed by atoms with Gasteiger partial charge in [0.2, 0.25) is 5.91 Å². The average molecular weight is 202 g/mol. The number of aliphatic hydroxyl groups excluding tert-OH is 1. The number of aliphatic hydroxyl groups is 1. The van der Waals surface area contributed by atoms with Crippen LogP contribution in [0, 0.1) is 5.92 Å². The number of likely N-dealkylation sites (N-methyl/N-ethyl adjacent to an activating group) is 1. The fourth-order valence-corrected chi connectivity index (χ4v) is 1.19. The minimum Gasteiger partial charge on any atom is -0.396 e. The van der Waals surface area contributed by atoms with Crippen LogP contribution in [-0.4, -0.2) is 49.2 Å². The van der Waals surface area contributed by atoms with Gasteiger partial charge in [0.15, 0.2) is 0 Å². The SMILES string of the molecule is CC(C)C(CCO)NCC(=O)N(C)C. The van der Waals surface area contributed by atoms with E-state index in [0.29, 0.717) is 18.9 Å². The minimum absolute atomic E-state index is 0.0635. The Morgan fingerprint density at radius 1 is 1.43 bits per heavy atom. The van der Waals surface area contributed by atoms with Gasteiger partial charge in [-0.2, -0.15) is 0 Å². The molecule has 0 aliphatic heterocycles. The molecule has 0 aliphatic rings. The van der Waals surface area contributed by atoms with Gasteiger partial charge in [0, 0.05) is 26.7 Å². The lowest BCUT2D eigenvalue weighted by Crippen LogP contribution is -2.41. The lowest BCUT2D eigenvalue weighted by molar-refractivity contribution is -0.127. The van der Waals surface area contributed by atoms with Crippen LogP contribution in [0.4, 0.5) is 0 Å². The highest BCUT2D eigenvalue weighted by Crippen LogP contribution is 2.04. The maximum Gasteiger partial charge on any atom is 0.236 e. The Morgan fingerprint density at radius 3 is 2.36 bits per heavy atom. The highest BCUT2D eigenvalue weighted by molar-refractivity contribution is 5.77. The van der Waals surface area contributed by atoms with Crippen LogP contribution in [0.3, 0.4) is 0 Å². The Morgan fingerprint density at radius 2 is 2.00 bits per heavy atom. The largest absolute Gasteiger partial charge is 0.396 e. The molecular formula is C10H22N2O2. The van der Waals surface area contributed by atoms with Crippen molar-refractivity contribution in [3.63, 3.8) is 0 Å². The second-order valence-corrected chi connectivity index (χ2v) is 4.03. The van der Waals surface area contributed by atoms with Crippen molar-refractivity contribution < 1.29 is 9.90 Å². The van der Waals surface area contributed by atoms with E-state index in [1.165, 1.54) is 0 Å². The summed E-state index contributed by atoms with van der Waals surface area (Å²) in [5, 5.41) is 12.0. The van der Waals surface area contributed by atoms with Gasteiger partial charge in [-0.05, 0) is 12.3 Å². The lowest BCUT2D eigenvalue weighted by atomic mass is 10.0. The summed E-state index contributed by atoms with van der Waals surface area (Å²) in [4.78, 5) is 12.8. The molecule has 2 N–H and O–H groups in total. The van der Waals surface area contributed by atoms with Crippen LogP contribution in [0.15, 0.2) is 0 Å². The first-order chi connectivity index (χ1) is 6.49. The summed E-state index contributed by atoms with van der Waals surface area (Å²) in [5.74, 6) is 0.491.